The van der Waals surface area contributed by atoms with E-state index in [-0.39, 0.29) is 10.8 Å². The average molecular weight is 270 g/mol. The maximum Gasteiger partial charge on any atom is 0.133 e. The van der Waals surface area contributed by atoms with E-state index in [4.69, 9.17) is 0 Å². The molecule has 2 heterocycles. The molecule has 0 radical (unpaired) electrons. The van der Waals surface area contributed by atoms with Crippen molar-refractivity contribution in [2.24, 2.45) is 0 Å². The van der Waals surface area contributed by atoms with Crippen molar-refractivity contribution >= 4 is 0 Å². The zero-order chi connectivity index (χ0) is 14.6. The smallest absolute Gasteiger partial charge is 0.133 e. The Morgan fingerprint density at radius 2 is 1.50 bits per heavy atom. The molecule has 0 amide bonds. The fourth-order valence-electron chi connectivity index (χ4n) is 2.20. The molecule has 0 N–H and O–H groups in total. The Balaban J connectivity index is 2.08. The summed E-state index contributed by atoms with van der Waals surface area (Å²) in [6, 6.07) is 3.84. The summed E-state index contributed by atoms with van der Waals surface area (Å²) in [5.74, 6) is 0.901. The van der Waals surface area contributed by atoms with E-state index >= 15 is 0 Å². The molecule has 0 saturated heterocycles. The van der Waals surface area contributed by atoms with Crippen LogP contribution < -0.4 is 0 Å². The molecule has 106 valence electrons. The summed E-state index contributed by atoms with van der Waals surface area (Å²) in [6.45, 7) is 8.82. The second kappa shape index (κ2) is 5.65. The van der Waals surface area contributed by atoms with Gasteiger partial charge in [-0.1, -0.05) is 27.7 Å². The van der Waals surface area contributed by atoms with Gasteiger partial charge >= 0.3 is 0 Å². The molecule has 20 heavy (non-hydrogen) atoms. The van der Waals surface area contributed by atoms with Crippen LogP contribution in [0.2, 0.25) is 0 Å². The zero-order valence-electron chi connectivity index (χ0n) is 12.7. The van der Waals surface area contributed by atoms with Crippen LogP contribution in [0.3, 0.4) is 0 Å². The Morgan fingerprint density at radius 3 is 2.10 bits per heavy atom. The highest BCUT2D eigenvalue weighted by Gasteiger charge is 2.29. The molecule has 0 fully saturated rings. The first kappa shape index (κ1) is 14.6. The molecule has 0 spiro atoms. The molecule has 4 nitrogen and oxygen atoms in total. The van der Waals surface area contributed by atoms with Gasteiger partial charge in [-0.25, -0.2) is 19.9 Å². The second-order valence-corrected chi connectivity index (χ2v) is 6.43. The Bertz CT molecular complexity index is 483. The molecule has 0 aliphatic heterocycles. The van der Waals surface area contributed by atoms with Gasteiger partial charge in [-0.05, 0) is 25.0 Å². The highest BCUT2D eigenvalue weighted by Crippen LogP contribution is 2.33. The van der Waals surface area contributed by atoms with Gasteiger partial charge in [0.25, 0.3) is 0 Å². The van der Waals surface area contributed by atoms with Crippen molar-refractivity contribution in [3.05, 3.63) is 48.6 Å². The van der Waals surface area contributed by atoms with E-state index in [1.807, 2.05) is 12.1 Å². The van der Waals surface area contributed by atoms with Gasteiger partial charge in [0, 0.05) is 35.1 Å². The lowest BCUT2D eigenvalue weighted by Crippen LogP contribution is -2.26. The predicted octanol–water partition coefficient (Wildman–Crippen LogP) is 3.30. The maximum atomic E-state index is 4.39. The van der Waals surface area contributed by atoms with Crippen LogP contribution in [0, 0.1) is 0 Å². The van der Waals surface area contributed by atoms with Gasteiger partial charge in [-0.15, -0.1) is 0 Å². The van der Waals surface area contributed by atoms with Crippen LogP contribution in [0.4, 0.5) is 0 Å². The first-order valence-corrected chi connectivity index (χ1v) is 6.96. The fourth-order valence-corrected chi connectivity index (χ4v) is 2.20. The van der Waals surface area contributed by atoms with Gasteiger partial charge in [-0.2, -0.15) is 0 Å². The second-order valence-electron chi connectivity index (χ2n) is 6.43. The predicted molar refractivity (Wildman–Crippen MR) is 79.4 cm³/mol. The third-order valence-corrected chi connectivity index (χ3v) is 3.82. The SMILES string of the molecule is CC(C)(CCC(C)(C)c1ncccn1)c1ccncn1. The number of rotatable bonds is 5. The molecule has 0 aliphatic rings. The van der Waals surface area contributed by atoms with E-state index in [1.54, 1.807) is 24.9 Å². The van der Waals surface area contributed by atoms with Crippen LogP contribution in [0.25, 0.3) is 0 Å². The number of hydrogen-bond donors (Lipinski definition) is 0. The van der Waals surface area contributed by atoms with Crippen molar-refractivity contribution in [2.75, 3.05) is 0 Å². The van der Waals surface area contributed by atoms with Gasteiger partial charge in [0.1, 0.15) is 12.2 Å². The molecular weight excluding hydrogens is 248 g/mol. The summed E-state index contributed by atoms with van der Waals surface area (Å²) in [7, 11) is 0. The minimum atomic E-state index is -0.0362. The lowest BCUT2D eigenvalue weighted by molar-refractivity contribution is 0.357. The van der Waals surface area contributed by atoms with Gasteiger partial charge in [0.05, 0.1) is 0 Å². The normalized spacial score (nSPS) is 12.4. The van der Waals surface area contributed by atoms with Crippen LogP contribution in [0.1, 0.15) is 52.1 Å². The van der Waals surface area contributed by atoms with E-state index in [9.17, 15) is 0 Å². The minimum Gasteiger partial charge on any atom is -0.245 e. The molecule has 2 rings (SSSR count). The summed E-state index contributed by atoms with van der Waals surface area (Å²) in [4.78, 5) is 17.1. The van der Waals surface area contributed by atoms with Crippen LogP contribution in [0.5, 0.6) is 0 Å². The van der Waals surface area contributed by atoms with E-state index < -0.39 is 0 Å². The highest BCUT2D eigenvalue weighted by molar-refractivity contribution is 5.13. The Labute approximate surface area is 120 Å². The summed E-state index contributed by atoms with van der Waals surface area (Å²) < 4.78 is 0. The van der Waals surface area contributed by atoms with E-state index in [2.05, 4.69) is 47.6 Å². The average Bonchev–Trinajstić information content (AvgIpc) is 2.47. The van der Waals surface area contributed by atoms with Crippen LogP contribution in [-0.4, -0.2) is 19.9 Å². The molecule has 2 aromatic rings. The van der Waals surface area contributed by atoms with Gasteiger partial charge < -0.3 is 0 Å². The summed E-state index contributed by atoms with van der Waals surface area (Å²) in [5, 5.41) is 0. The Kier molecular flexibility index (Phi) is 4.12. The molecular formula is C16H22N4. The Hall–Kier alpha value is -1.84. The molecule has 2 aromatic heterocycles. The minimum absolute atomic E-state index is 0.0228. The van der Waals surface area contributed by atoms with Crippen molar-refractivity contribution < 1.29 is 0 Å². The van der Waals surface area contributed by atoms with Crippen molar-refractivity contribution in [3.8, 4) is 0 Å². The third-order valence-electron chi connectivity index (χ3n) is 3.82. The van der Waals surface area contributed by atoms with Crippen molar-refractivity contribution in [1.82, 2.24) is 19.9 Å². The Morgan fingerprint density at radius 1 is 0.850 bits per heavy atom. The largest absolute Gasteiger partial charge is 0.245 e. The molecule has 0 bridgehead atoms. The van der Waals surface area contributed by atoms with Crippen molar-refractivity contribution in [3.63, 3.8) is 0 Å². The molecule has 4 heteroatoms. The fraction of sp³-hybridized carbons (Fsp3) is 0.500. The summed E-state index contributed by atoms with van der Waals surface area (Å²) >= 11 is 0. The quantitative estimate of drug-likeness (QED) is 0.836. The van der Waals surface area contributed by atoms with Gasteiger partial charge in [0.2, 0.25) is 0 Å². The van der Waals surface area contributed by atoms with Gasteiger partial charge in [0.15, 0.2) is 0 Å². The van der Waals surface area contributed by atoms with Crippen LogP contribution in [0.15, 0.2) is 37.1 Å². The van der Waals surface area contributed by atoms with Gasteiger partial charge in [-0.3, -0.25) is 0 Å². The molecule has 0 aliphatic carbocycles. The van der Waals surface area contributed by atoms with E-state index in [0.29, 0.717) is 0 Å². The summed E-state index contributed by atoms with van der Waals surface area (Å²) in [5.41, 5.74) is 1.07. The van der Waals surface area contributed by atoms with Crippen LogP contribution in [-0.2, 0) is 10.8 Å². The zero-order valence-corrected chi connectivity index (χ0v) is 12.7. The summed E-state index contributed by atoms with van der Waals surface area (Å²) in [6.07, 6.45) is 9.06. The lowest BCUT2D eigenvalue weighted by atomic mass is 9.77. The third kappa shape index (κ3) is 3.38. The van der Waals surface area contributed by atoms with E-state index in [1.165, 1.54) is 0 Å². The topological polar surface area (TPSA) is 51.6 Å². The molecule has 0 saturated carbocycles. The van der Waals surface area contributed by atoms with E-state index in [0.717, 1.165) is 24.4 Å². The molecule has 0 unspecified atom stereocenters. The monoisotopic (exact) mass is 270 g/mol. The van der Waals surface area contributed by atoms with Crippen molar-refractivity contribution in [1.29, 1.82) is 0 Å². The van der Waals surface area contributed by atoms with Crippen LogP contribution >= 0.6 is 0 Å². The molecule has 0 aromatic carbocycles. The molecule has 0 atom stereocenters. The number of hydrogen-bond acceptors (Lipinski definition) is 4. The number of nitrogens with zero attached hydrogens (tertiary/aromatic N) is 4. The first-order valence-electron chi connectivity index (χ1n) is 6.96. The standard InChI is InChI=1S/C16H22N4/c1-15(2,13-6-11-17-12-20-13)7-8-16(3,4)14-18-9-5-10-19-14/h5-6,9-12H,7-8H2,1-4H3. The lowest BCUT2D eigenvalue weighted by Gasteiger charge is -2.29. The highest BCUT2D eigenvalue weighted by atomic mass is 14.9. The maximum absolute atomic E-state index is 4.39. The first-order chi connectivity index (χ1) is 9.42. The number of aromatic nitrogens is 4. The van der Waals surface area contributed by atoms with Crippen molar-refractivity contribution in [2.45, 2.75) is 51.4 Å².